The number of piperazine rings is 1. The Balaban J connectivity index is 1.45. The van der Waals surface area contributed by atoms with Crippen LogP contribution in [0.25, 0.3) is 17.2 Å². The van der Waals surface area contributed by atoms with Crippen LogP contribution < -0.4 is 10.5 Å². The molecular weight excluding hydrogens is 458 g/mol. The van der Waals surface area contributed by atoms with Gasteiger partial charge < -0.3 is 14.1 Å². The van der Waals surface area contributed by atoms with Crippen molar-refractivity contribution in [3.63, 3.8) is 0 Å². The Bertz CT molecular complexity index is 1400. The third-order valence-electron chi connectivity index (χ3n) is 5.83. The topological polar surface area (TPSA) is 102 Å². The molecule has 1 saturated heterocycles. The van der Waals surface area contributed by atoms with Crippen molar-refractivity contribution in [2.45, 2.75) is 24.8 Å². The summed E-state index contributed by atoms with van der Waals surface area (Å²) in [4.78, 5) is 26.4. The first-order chi connectivity index (χ1) is 16.2. The van der Waals surface area contributed by atoms with E-state index in [4.69, 9.17) is 9.15 Å². The number of sulfonamides is 1. The molecule has 0 aliphatic carbocycles. The fraction of sp³-hybridized carbons (Fsp3) is 0.333. The molecule has 2 heterocycles. The van der Waals surface area contributed by atoms with Crippen molar-refractivity contribution in [2.75, 3.05) is 33.3 Å². The van der Waals surface area contributed by atoms with E-state index >= 15 is 0 Å². The fourth-order valence-electron chi connectivity index (χ4n) is 4.03. The summed E-state index contributed by atoms with van der Waals surface area (Å²) >= 11 is 0. The number of carbonyl (C=O) groups is 1. The summed E-state index contributed by atoms with van der Waals surface area (Å²) in [7, 11) is -2.23. The van der Waals surface area contributed by atoms with Crippen LogP contribution in [0.2, 0.25) is 0 Å². The highest BCUT2D eigenvalue weighted by Crippen LogP contribution is 2.24. The zero-order chi connectivity index (χ0) is 24.5. The highest BCUT2D eigenvalue weighted by Gasteiger charge is 2.30. The third-order valence-corrected chi connectivity index (χ3v) is 7.73. The lowest BCUT2D eigenvalue weighted by Crippen LogP contribution is -2.50. The number of fused-ring (bicyclic) bond motifs is 1. The second-order valence-electron chi connectivity index (χ2n) is 8.27. The number of nitrogens with zero attached hydrogens (tertiary/aromatic N) is 3. The van der Waals surface area contributed by atoms with Gasteiger partial charge in [0.1, 0.15) is 5.75 Å². The van der Waals surface area contributed by atoms with Crippen LogP contribution in [-0.2, 0) is 14.8 Å². The normalized spacial score (nSPS) is 15.5. The number of hydrogen-bond donors (Lipinski definition) is 0. The van der Waals surface area contributed by atoms with Gasteiger partial charge in [-0.15, -0.1) is 0 Å². The van der Waals surface area contributed by atoms with Crippen molar-refractivity contribution in [1.29, 1.82) is 0 Å². The number of carbonyl (C=O) groups excluding carboxylic acids is 1. The van der Waals surface area contributed by atoms with E-state index in [9.17, 15) is 18.0 Å². The molecule has 1 aliphatic rings. The molecule has 1 aromatic heterocycles. The number of rotatable bonds is 6. The van der Waals surface area contributed by atoms with Crippen LogP contribution in [0.1, 0.15) is 25.5 Å². The van der Waals surface area contributed by atoms with Gasteiger partial charge in [0.15, 0.2) is 5.58 Å². The fourth-order valence-corrected chi connectivity index (χ4v) is 5.47. The summed E-state index contributed by atoms with van der Waals surface area (Å²) in [6.45, 7) is 4.60. The van der Waals surface area contributed by atoms with Gasteiger partial charge in [0.25, 0.3) is 0 Å². The van der Waals surface area contributed by atoms with Crippen molar-refractivity contribution in [3.8, 4) is 5.75 Å². The van der Waals surface area contributed by atoms with Crippen LogP contribution in [0.5, 0.6) is 5.75 Å². The summed E-state index contributed by atoms with van der Waals surface area (Å²) < 4.78 is 39.7. The summed E-state index contributed by atoms with van der Waals surface area (Å²) in [6.07, 6.45) is 3.16. The van der Waals surface area contributed by atoms with E-state index in [1.165, 1.54) is 27.1 Å². The lowest BCUT2D eigenvalue weighted by atomic mass is 10.2. The molecule has 180 valence electrons. The quantitative estimate of drug-likeness (QED) is 0.498. The Kier molecular flexibility index (Phi) is 6.63. The molecule has 1 fully saturated rings. The average Bonchev–Trinajstić information content (AvgIpc) is 3.17. The lowest BCUT2D eigenvalue weighted by Gasteiger charge is -2.33. The van der Waals surface area contributed by atoms with E-state index in [-0.39, 0.29) is 48.6 Å². The van der Waals surface area contributed by atoms with Crippen molar-refractivity contribution in [3.05, 3.63) is 64.7 Å². The molecule has 3 aromatic rings. The van der Waals surface area contributed by atoms with Crippen LogP contribution in [0, 0.1) is 0 Å². The largest absolute Gasteiger partial charge is 0.496 e. The minimum atomic E-state index is -3.80. The number of para-hydroxylation sites is 1. The van der Waals surface area contributed by atoms with Crippen molar-refractivity contribution in [1.82, 2.24) is 13.8 Å². The second-order valence-corrected chi connectivity index (χ2v) is 10.2. The zero-order valence-electron chi connectivity index (χ0n) is 19.3. The van der Waals surface area contributed by atoms with E-state index in [0.717, 1.165) is 5.56 Å². The second kappa shape index (κ2) is 9.47. The van der Waals surface area contributed by atoms with E-state index in [1.54, 1.807) is 24.2 Å². The van der Waals surface area contributed by atoms with Gasteiger partial charge in [0.2, 0.25) is 15.9 Å². The van der Waals surface area contributed by atoms with Crippen molar-refractivity contribution < 1.29 is 22.4 Å². The first-order valence-corrected chi connectivity index (χ1v) is 12.4. The predicted molar refractivity (Wildman–Crippen MR) is 128 cm³/mol. The third kappa shape index (κ3) is 4.51. The Morgan fingerprint density at radius 2 is 1.79 bits per heavy atom. The number of ether oxygens (including phenoxy) is 1. The number of aromatic nitrogens is 1. The van der Waals surface area contributed by atoms with Crippen LogP contribution in [0.4, 0.5) is 0 Å². The molecule has 0 radical (unpaired) electrons. The standard InChI is InChI=1S/C24H27N3O6S/c1-17(2)27-20-10-9-19(16-22(20)33-24(27)29)34(30,31)26-14-12-25(13-15-26)23(28)11-8-18-6-4-5-7-21(18)32-3/h4-11,16-17H,12-15H2,1-3H3/b11-8+. The van der Waals surface area contributed by atoms with Crippen LogP contribution in [0.3, 0.4) is 0 Å². The maximum absolute atomic E-state index is 13.2. The molecule has 4 rings (SSSR count). The molecule has 0 spiro atoms. The number of methoxy groups -OCH3 is 1. The van der Waals surface area contributed by atoms with Gasteiger partial charge in [0, 0.05) is 49.9 Å². The predicted octanol–water partition coefficient (Wildman–Crippen LogP) is 2.73. The molecule has 1 aliphatic heterocycles. The van der Waals surface area contributed by atoms with Crippen molar-refractivity contribution >= 4 is 33.1 Å². The Morgan fingerprint density at radius 1 is 1.09 bits per heavy atom. The van der Waals surface area contributed by atoms with E-state index in [0.29, 0.717) is 11.3 Å². The van der Waals surface area contributed by atoms with Gasteiger partial charge in [0.05, 0.1) is 17.5 Å². The maximum Gasteiger partial charge on any atom is 0.420 e. The van der Waals surface area contributed by atoms with Gasteiger partial charge in [-0.25, -0.2) is 13.2 Å². The summed E-state index contributed by atoms with van der Waals surface area (Å²) in [6, 6.07) is 11.7. The van der Waals surface area contributed by atoms with Crippen molar-refractivity contribution in [2.24, 2.45) is 0 Å². The Hall–Kier alpha value is -3.37. The van der Waals surface area contributed by atoms with E-state index < -0.39 is 15.8 Å². The SMILES string of the molecule is COc1ccccc1/C=C/C(=O)N1CCN(S(=O)(=O)c2ccc3c(c2)oc(=O)n3C(C)C)CC1. The monoisotopic (exact) mass is 485 g/mol. The smallest absolute Gasteiger partial charge is 0.420 e. The number of benzene rings is 2. The molecule has 10 heteroatoms. The summed E-state index contributed by atoms with van der Waals surface area (Å²) in [5.74, 6) is -0.0481. The molecule has 9 nitrogen and oxygen atoms in total. The van der Waals surface area contributed by atoms with E-state index in [2.05, 4.69) is 0 Å². The zero-order valence-corrected chi connectivity index (χ0v) is 20.1. The molecule has 0 unspecified atom stereocenters. The summed E-state index contributed by atoms with van der Waals surface area (Å²) in [5, 5.41) is 0. The lowest BCUT2D eigenvalue weighted by molar-refractivity contribution is -0.127. The maximum atomic E-state index is 13.2. The van der Waals surface area contributed by atoms with Crippen LogP contribution in [0.15, 0.2) is 62.6 Å². The highest BCUT2D eigenvalue weighted by atomic mass is 32.2. The molecule has 0 atom stereocenters. The molecule has 0 bridgehead atoms. The number of oxazole rings is 1. The first kappa shape index (κ1) is 23.8. The molecular formula is C24H27N3O6S. The Labute approximate surface area is 197 Å². The minimum absolute atomic E-state index is 0.0560. The van der Waals surface area contributed by atoms with Gasteiger partial charge in [-0.05, 0) is 38.1 Å². The summed E-state index contributed by atoms with van der Waals surface area (Å²) in [5.41, 5.74) is 1.57. The van der Waals surface area contributed by atoms with Crippen LogP contribution >= 0.6 is 0 Å². The van der Waals surface area contributed by atoms with Gasteiger partial charge in [-0.2, -0.15) is 4.31 Å². The van der Waals surface area contributed by atoms with E-state index in [1.807, 2.05) is 38.1 Å². The van der Waals surface area contributed by atoms with Gasteiger partial charge in [-0.1, -0.05) is 18.2 Å². The van der Waals surface area contributed by atoms with Gasteiger partial charge >= 0.3 is 5.76 Å². The first-order valence-electron chi connectivity index (χ1n) is 11.0. The Morgan fingerprint density at radius 3 is 2.47 bits per heavy atom. The van der Waals surface area contributed by atoms with Crippen LogP contribution in [-0.4, -0.2) is 61.4 Å². The average molecular weight is 486 g/mol. The minimum Gasteiger partial charge on any atom is -0.496 e. The van der Waals surface area contributed by atoms with Gasteiger partial charge in [-0.3, -0.25) is 9.36 Å². The number of hydrogen-bond acceptors (Lipinski definition) is 6. The molecule has 2 aromatic carbocycles. The molecule has 0 saturated carbocycles. The number of amides is 1. The highest BCUT2D eigenvalue weighted by molar-refractivity contribution is 7.89. The molecule has 0 N–H and O–H groups in total. The molecule has 34 heavy (non-hydrogen) atoms. The molecule has 1 amide bonds.